The Balaban J connectivity index is 1.86. The number of nitrogens with one attached hydrogen (secondary N) is 1. The van der Waals surface area contributed by atoms with E-state index >= 15 is 0 Å². The molecule has 1 aliphatic rings. The van der Waals surface area contributed by atoms with Gasteiger partial charge in [0.25, 0.3) is 0 Å². The fourth-order valence-electron chi connectivity index (χ4n) is 3.65. The summed E-state index contributed by atoms with van der Waals surface area (Å²) in [6.07, 6.45) is 0.155. The second kappa shape index (κ2) is 6.46. The summed E-state index contributed by atoms with van der Waals surface area (Å²) >= 11 is 1.47. The highest BCUT2D eigenvalue weighted by atomic mass is 32.1. The summed E-state index contributed by atoms with van der Waals surface area (Å²) in [4.78, 5) is 27.3. The Hall–Kier alpha value is -2.73. The molecule has 0 radical (unpaired) electrons. The minimum atomic E-state index is -0.495. The molecule has 5 nitrogen and oxygen atoms in total. The van der Waals surface area contributed by atoms with Crippen LogP contribution in [0.1, 0.15) is 49.3 Å². The van der Waals surface area contributed by atoms with Gasteiger partial charge in [0.05, 0.1) is 22.2 Å². The number of anilines is 1. The lowest BCUT2D eigenvalue weighted by Gasteiger charge is -2.23. The maximum Gasteiger partial charge on any atom is 0.226 e. The van der Waals surface area contributed by atoms with E-state index in [2.05, 4.69) is 10.4 Å². The quantitative estimate of drug-likeness (QED) is 0.683. The predicted octanol–water partition coefficient (Wildman–Crippen LogP) is 4.48. The molecular formula is C21H21N3O2S. The number of benzene rings is 1. The standard InChI is InChI=1S/C21H21N3O2S/c1-11-6-5-7-16(13(11)3)24-21-19(14(4)23-24)15(10-18(25)22-21)20(26)17-9-8-12(2)27-17/h5-9,15H,10H2,1-4H3,(H,22,25)/t15-/m0/s1. The first-order valence-electron chi connectivity index (χ1n) is 8.93. The highest BCUT2D eigenvalue weighted by Gasteiger charge is 2.36. The molecule has 1 N–H and O–H groups in total. The summed E-state index contributed by atoms with van der Waals surface area (Å²) in [7, 11) is 0. The van der Waals surface area contributed by atoms with E-state index in [0.29, 0.717) is 10.7 Å². The summed E-state index contributed by atoms with van der Waals surface area (Å²) < 4.78 is 1.77. The Kier molecular flexibility index (Phi) is 4.23. The number of carbonyl (C=O) groups excluding carboxylic acids is 2. The van der Waals surface area contributed by atoms with Gasteiger partial charge in [0.2, 0.25) is 5.91 Å². The first-order chi connectivity index (χ1) is 12.9. The third kappa shape index (κ3) is 2.90. The van der Waals surface area contributed by atoms with Crippen molar-refractivity contribution in [3.8, 4) is 5.69 Å². The lowest BCUT2D eigenvalue weighted by atomic mass is 9.87. The number of amides is 1. The maximum atomic E-state index is 13.1. The molecule has 1 amide bonds. The third-order valence-corrected chi connectivity index (χ3v) is 6.22. The van der Waals surface area contributed by atoms with Gasteiger partial charge in [0.15, 0.2) is 5.78 Å². The minimum Gasteiger partial charge on any atom is -0.310 e. The van der Waals surface area contributed by atoms with Crippen molar-refractivity contribution in [3.63, 3.8) is 0 Å². The molecule has 1 aromatic carbocycles. The Morgan fingerprint density at radius 3 is 2.67 bits per heavy atom. The lowest BCUT2D eigenvalue weighted by molar-refractivity contribution is -0.116. The zero-order chi connectivity index (χ0) is 19.3. The Morgan fingerprint density at radius 2 is 1.96 bits per heavy atom. The van der Waals surface area contributed by atoms with Crippen LogP contribution in [0.5, 0.6) is 0 Å². The smallest absolute Gasteiger partial charge is 0.226 e. The third-order valence-electron chi connectivity index (χ3n) is 5.21. The number of Topliss-reactive ketones (excluding diaryl/α,β-unsaturated/α-hetero) is 1. The zero-order valence-electron chi connectivity index (χ0n) is 15.8. The molecule has 27 heavy (non-hydrogen) atoms. The van der Waals surface area contributed by atoms with Crippen molar-refractivity contribution in [2.75, 3.05) is 5.32 Å². The molecule has 0 saturated heterocycles. The number of aromatic nitrogens is 2. The van der Waals surface area contributed by atoms with E-state index in [1.807, 2.05) is 58.0 Å². The van der Waals surface area contributed by atoms with Crippen LogP contribution in [0.2, 0.25) is 0 Å². The monoisotopic (exact) mass is 379 g/mol. The Morgan fingerprint density at radius 1 is 1.19 bits per heavy atom. The van der Waals surface area contributed by atoms with Gasteiger partial charge in [-0.1, -0.05) is 12.1 Å². The van der Waals surface area contributed by atoms with Gasteiger partial charge >= 0.3 is 0 Å². The molecule has 0 spiro atoms. The van der Waals surface area contributed by atoms with E-state index in [4.69, 9.17) is 0 Å². The summed E-state index contributed by atoms with van der Waals surface area (Å²) in [6.45, 7) is 7.96. The van der Waals surface area contributed by atoms with E-state index in [1.165, 1.54) is 11.3 Å². The number of carbonyl (C=O) groups is 2. The molecule has 4 rings (SSSR count). The van der Waals surface area contributed by atoms with Crippen LogP contribution in [-0.4, -0.2) is 21.5 Å². The highest BCUT2D eigenvalue weighted by Crippen LogP contribution is 2.39. The molecule has 3 aromatic rings. The first-order valence-corrected chi connectivity index (χ1v) is 9.75. The Labute approximate surface area is 162 Å². The van der Waals surface area contributed by atoms with Gasteiger partial charge in [-0.15, -0.1) is 11.3 Å². The molecule has 1 atom stereocenters. The van der Waals surface area contributed by atoms with E-state index in [9.17, 15) is 9.59 Å². The minimum absolute atomic E-state index is 0.00665. The van der Waals surface area contributed by atoms with E-state index in [0.717, 1.165) is 32.9 Å². The number of aryl methyl sites for hydroxylation is 3. The molecule has 0 saturated carbocycles. The van der Waals surface area contributed by atoms with Crippen LogP contribution in [-0.2, 0) is 4.79 Å². The summed E-state index contributed by atoms with van der Waals surface area (Å²) in [5.74, 6) is -0.0388. The second-order valence-corrected chi connectivity index (χ2v) is 8.35. The van der Waals surface area contributed by atoms with Crippen molar-refractivity contribution in [2.45, 2.75) is 40.0 Å². The normalized spacial score (nSPS) is 16.1. The second-order valence-electron chi connectivity index (χ2n) is 7.06. The summed E-state index contributed by atoms with van der Waals surface area (Å²) in [5, 5.41) is 7.63. The molecule has 3 heterocycles. The average Bonchev–Trinajstić information content (AvgIpc) is 3.20. The Bertz CT molecular complexity index is 1080. The van der Waals surface area contributed by atoms with Crippen molar-refractivity contribution in [1.82, 2.24) is 9.78 Å². The number of hydrogen-bond acceptors (Lipinski definition) is 4. The fourth-order valence-corrected chi connectivity index (χ4v) is 4.51. The molecule has 0 aliphatic carbocycles. The van der Waals surface area contributed by atoms with Gasteiger partial charge in [-0.3, -0.25) is 9.59 Å². The molecule has 6 heteroatoms. The van der Waals surface area contributed by atoms with Crippen molar-refractivity contribution < 1.29 is 9.59 Å². The molecule has 138 valence electrons. The van der Waals surface area contributed by atoms with Gasteiger partial charge in [0, 0.05) is 16.9 Å². The summed E-state index contributed by atoms with van der Waals surface area (Å²) in [5.41, 5.74) is 4.77. The van der Waals surface area contributed by atoms with Crippen LogP contribution >= 0.6 is 11.3 Å². The van der Waals surface area contributed by atoms with Gasteiger partial charge in [-0.25, -0.2) is 4.68 Å². The van der Waals surface area contributed by atoms with Gasteiger partial charge in [0.1, 0.15) is 5.82 Å². The van der Waals surface area contributed by atoms with Crippen LogP contribution in [0.25, 0.3) is 5.69 Å². The topological polar surface area (TPSA) is 64.0 Å². The number of thiophene rings is 1. The lowest BCUT2D eigenvalue weighted by Crippen LogP contribution is -2.28. The maximum absolute atomic E-state index is 13.1. The number of rotatable bonds is 3. The van der Waals surface area contributed by atoms with Crippen LogP contribution in [0.4, 0.5) is 5.82 Å². The molecular weight excluding hydrogens is 358 g/mol. The van der Waals surface area contributed by atoms with E-state index in [1.54, 1.807) is 4.68 Å². The number of fused-ring (bicyclic) bond motifs is 1. The molecule has 1 aliphatic heterocycles. The number of ketones is 1. The van der Waals surface area contributed by atoms with Crippen molar-refractivity contribution >= 4 is 28.8 Å². The van der Waals surface area contributed by atoms with Gasteiger partial charge in [-0.05, 0) is 57.0 Å². The van der Waals surface area contributed by atoms with Crippen LogP contribution in [0, 0.1) is 27.7 Å². The van der Waals surface area contributed by atoms with Crippen molar-refractivity contribution in [3.05, 3.63) is 62.5 Å². The van der Waals surface area contributed by atoms with Crippen LogP contribution in [0.15, 0.2) is 30.3 Å². The number of hydrogen-bond donors (Lipinski definition) is 1. The van der Waals surface area contributed by atoms with Crippen molar-refractivity contribution in [1.29, 1.82) is 0 Å². The molecule has 0 fully saturated rings. The SMILES string of the molecule is Cc1ccc(C(=O)[C@H]2CC(=O)Nc3c2c(C)nn3-c2cccc(C)c2C)s1. The zero-order valence-corrected chi connectivity index (χ0v) is 16.6. The largest absolute Gasteiger partial charge is 0.310 e. The molecule has 0 unspecified atom stereocenters. The van der Waals surface area contributed by atoms with Crippen LogP contribution < -0.4 is 5.32 Å². The molecule has 2 aromatic heterocycles. The summed E-state index contributed by atoms with van der Waals surface area (Å²) in [6, 6.07) is 9.79. The first kappa shape index (κ1) is 17.7. The molecule has 0 bridgehead atoms. The number of nitrogens with zero attached hydrogens (tertiary/aromatic N) is 2. The fraction of sp³-hybridized carbons (Fsp3) is 0.286. The van der Waals surface area contributed by atoms with E-state index < -0.39 is 5.92 Å². The van der Waals surface area contributed by atoms with Crippen LogP contribution in [0.3, 0.4) is 0 Å². The average molecular weight is 379 g/mol. The highest BCUT2D eigenvalue weighted by molar-refractivity contribution is 7.14. The van der Waals surface area contributed by atoms with E-state index in [-0.39, 0.29) is 18.1 Å². The predicted molar refractivity (Wildman–Crippen MR) is 107 cm³/mol. The van der Waals surface area contributed by atoms with Gasteiger partial charge in [-0.2, -0.15) is 5.10 Å². The van der Waals surface area contributed by atoms with Gasteiger partial charge < -0.3 is 5.32 Å². The van der Waals surface area contributed by atoms with Crippen molar-refractivity contribution in [2.24, 2.45) is 0 Å².